The summed E-state index contributed by atoms with van der Waals surface area (Å²) in [5.41, 5.74) is 9.08. The normalized spacial score (nSPS) is 10.7. The first kappa shape index (κ1) is 11.9. The molecule has 0 saturated heterocycles. The van der Waals surface area contributed by atoms with Crippen molar-refractivity contribution in [3.05, 3.63) is 42.1 Å². The second kappa shape index (κ2) is 5.64. The zero-order valence-electron chi connectivity index (χ0n) is 10.3. The third-order valence-corrected chi connectivity index (χ3v) is 2.84. The maximum absolute atomic E-state index is 5.53. The Hall–Kier alpha value is -1.61. The van der Waals surface area contributed by atoms with Crippen molar-refractivity contribution in [1.82, 2.24) is 9.78 Å². The molecule has 3 heteroatoms. The van der Waals surface area contributed by atoms with E-state index in [-0.39, 0.29) is 0 Å². The maximum atomic E-state index is 5.53. The molecule has 3 nitrogen and oxygen atoms in total. The summed E-state index contributed by atoms with van der Waals surface area (Å²) in [6.45, 7) is 3.73. The number of rotatable bonds is 5. The molecule has 2 rings (SSSR count). The standard InChI is InChI=1S/C14H19N3/c1-2-17-14(12-7-4-3-5-8-12)11-13(16-17)9-6-10-15/h3-5,7-8,11H,2,6,9-10,15H2,1H3. The summed E-state index contributed by atoms with van der Waals surface area (Å²) in [7, 11) is 0. The van der Waals surface area contributed by atoms with Gasteiger partial charge in [0.25, 0.3) is 0 Å². The second-order valence-electron chi connectivity index (χ2n) is 4.09. The lowest BCUT2D eigenvalue weighted by Crippen LogP contribution is -2.02. The van der Waals surface area contributed by atoms with E-state index in [1.54, 1.807) is 0 Å². The van der Waals surface area contributed by atoms with Gasteiger partial charge in [0.1, 0.15) is 0 Å². The summed E-state index contributed by atoms with van der Waals surface area (Å²) < 4.78 is 2.06. The molecule has 0 radical (unpaired) electrons. The first-order valence-electron chi connectivity index (χ1n) is 6.17. The summed E-state index contributed by atoms with van der Waals surface area (Å²) in [5, 5.41) is 4.60. The fraction of sp³-hybridized carbons (Fsp3) is 0.357. The quantitative estimate of drug-likeness (QED) is 0.856. The van der Waals surface area contributed by atoms with Crippen LogP contribution in [-0.2, 0) is 13.0 Å². The number of aromatic nitrogens is 2. The van der Waals surface area contributed by atoms with Gasteiger partial charge in [-0.2, -0.15) is 5.10 Å². The van der Waals surface area contributed by atoms with Crippen molar-refractivity contribution in [2.24, 2.45) is 5.73 Å². The van der Waals surface area contributed by atoms with Gasteiger partial charge < -0.3 is 5.73 Å². The molecule has 1 heterocycles. The van der Waals surface area contributed by atoms with Gasteiger partial charge in [0.2, 0.25) is 0 Å². The highest BCUT2D eigenvalue weighted by Gasteiger charge is 2.07. The Labute approximate surface area is 102 Å². The first-order valence-corrected chi connectivity index (χ1v) is 6.17. The molecule has 0 bridgehead atoms. The van der Waals surface area contributed by atoms with Crippen LogP contribution in [-0.4, -0.2) is 16.3 Å². The molecule has 2 N–H and O–H groups in total. The van der Waals surface area contributed by atoms with Gasteiger partial charge in [-0.25, -0.2) is 0 Å². The van der Waals surface area contributed by atoms with Crippen LogP contribution >= 0.6 is 0 Å². The van der Waals surface area contributed by atoms with Crippen LogP contribution in [0, 0.1) is 0 Å². The monoisotopic (exact) mass is 229 g/mol. The van der Waals surface area contributed by atoms with E-state index in [1.165, 1.54) is 11.3 Å². The highest BCUT2D eigenvalue weighted by molar-refractivity contribution is 5.59. The van der Waals surface area contributed by atoms with Crippen molar-refractivity contribution in [3.8, 4) is 11.3 Å². The van der Waals surface area contributed by atoms with Gasteiger partial charge in [-0.05, 0) is 37.9 Å². The van der Waals surface area contributed by atoms with E-state index >= 15 is 0 Å². The molecule has 0 fully saturated rings. The van der Waals surface area contributed by atoms with Gasteiger partial charge in [0.05, 0.1) is 11.4 Å². The van der Waals surface area contributed by atoms with Crippen LogP contribution < -0.4 is 5.73 Å². The maximum Gasteiger partial charge on any atom is 0.0684 e. The van der Waals surface area contributed by atoms with Crippen molar-refractivity contribution < 1.29 is 0 Å². The van der Waals surface area contributed by atoms with Crippen molar-refractivity contribution in [3.63, 3.8) is 0 Å². The number of hydrogen-bond acceptors (Lipinski definition) is 2. The Kier molecular flexibility index (Phi) is 3.94. The minimum absolute atomic E-state index is 0.722. The van der Waals surface area contributed by atoms with E-state index < -0.39 is 0 Å². The predicted octanol–water partition coefficient (Wildman–Crippen LogP) is 2.46. The third kappa shape index (κ3) is 2.74. The zero-order valence-corrected chi connectivity index (χ0v) is 10.3. The van der Waals surface area contributed by atoms with Gasteiger partial charge in [-0.15, -0.1) is 0 Å². The molecular weight excluding hydrogens is 210 g/mol. The molecule has 0 unspecified atom stereocenters. The summed E-state index contributed by atoms with van der Waals surface area (Å²) in [6, 6.07) is 12.6. The van der Waals surface area contributed by atoms with Crippen molar-refractivity contribution >= 4 is 0 Å². The lowest BCUT2D eigenvalue weighted by molar-refractivity contribution is 0.647. The van der Waals surface area contributed by atoms with Crippen LogP contribution in [0.15, 0.2) is 36.4 Å². The first-order chi connectivity index (χ1) is 8.35. The van der Waals surface area contributed by atoms with E-state index in [1.807, 2.05) is 6.07 Å². The molecule has 17 heavy (non-hydrogen) atoms. The predicted molar refractivity (Wildman–Crippen MR) is 70.7 cm³/mol. The Morgan fingerprint density at radius 1 is 1.24 bits per heavy atom. The van der Waals surface area contributed by atoms with Gasteiger partial charge in [-0.1, -0.05) is 30.3 Å². The fourth-order valence-corrected chi connectivity index (χ4v) is 1.96. The molecule has 0 saturated carbocycles. The molecular formula is C14H19N3. The molecule has 0 aliphatic heterocycles. The molecule has 0 aliphatic rings. The highest BCUT2D eigenvalue weighted by atomic mass is 15.3. The van der Waals surface area contributed by atoms with Crippen LogP contribution in [0.1, 0.15) is 19.0 Å². The summed E-state index contributed by atoms with van der Waals surface area (Å²) in [6.07, 6.45) is 1.96. The molecule has 1 aromatic heterocycles. The number of nitrogens with zero attached hydrogens (tertiary/aromatic N) is 2. The van der Waals surface area contributed by atoms with Crippen molar-refractivity contribution in [2.75, 3.05) is 6.54 Å². The second-order valence-corrected chi connectivity index (χ2v) is 4.09. The molecule has 0 aliphatic carbocycles. The largest absolute Gasteiger partial charge is 0.330 e. The fourth-order valence-electron chi connectivity index (χ4n) is 1.96. The lowest BCUT2D eigenvalue weighted by Gasteiger charge is -2.03. The van der Waals surface area contributed by atoms with Crippen LogP contribution in [0.25, 0.3) is 11.3 Å². The number of aryl methyl sites for hydroxylation is 2. The number of benzene rings is 1. The van der Waals surface area contributed by atoms with Crippen LogP contribution in [0.4, 0.5) is 0 Å². The summed E-state index contributed by atoms with van der Waals surface area (Å²) >= 11 is 0. The summed E-state index contributed by atoms with van der Waals surface area (Å²) in [4.78, 5) is 0. The number of nitrogens with two attached hydrogens (primary N) is 1. The van der Waals surface area contributed by atoms with Crippen molar-refractivity contribution in [1.29, 1.82) is 0 Å². The molecule has 90 valence electrons. The van der Waals surface area contributed by atoms with Crippen LogP contribution in [0.5, 0.6) is 0 Å². The Morgan fingerprint density at radius 2 is 2.00 bits per heavy atom. The number of hydrogen-bond donors (Lipinski definition) is 1. The zero-order chi connectivity index (χ0) is 12.1. The lowest BCUT2D eigenvalue weighted by atomic mass is 10.1. The van der Waals surface area contributed by atoms with Crippen LogP contribution in [0.2, 0.25) is 0 Å². The van der Waals surface area contributed by atoms with E-state index in [4.69, 9.17) is 5.73 Å². The van der Waals surface area contributed by atoms with Crippen LogP contribution in [0.3, 0.4) is 0 Å². The Morgan fingerprint density at radius 3 is 2.65 bits per heavy atom. The Balaban J connectivity index is 2.30. The molecule has 0 atom stereocenters. The average molecular weight is 229 g/mol. The SMILES string of the molecule is CCn1nc(CCCN)cc1-c1ccccc1. The minimum atomic E-state index is 0.722. The Bertz CT molecular complexity index is 460. The van der Waals surface area contributed by atoms with Gasteiger partial charge in [-0.3, -0.25) is 4.68 Å². The molecule has 0 spiro atoms. The molecule has 0 amide bonds. The van der Waals surface area contributed by atoms with E-state index in [0.717, 1.165) is 31.6 Å². The topological polar surface area (TPSA) is 43.8 Å². The molecule has 1 aromatic carbocycles. The summed E-state index contributed by atoms with van der Waals surface area (Å²) in [5.74, 6) is 0. The van der Waals surface area contributed by atoms with E-state index in [2.05, 4.69) is 47.0 Å². The average Bonchev–Trinajstić information content (AvgIpc) is 2.80. The minimum Gasteiger partial charge on any atom is -0.330 e. The smallest absolute Gasteiger partial charge is 0.0684 e. The van der Waals surface area contributed by atoms with Gasteiger partial charge in [0.15, 0.2) is 0 Å². The molecule has 2 aromatic rings. The van der Waals surface area contributed by atoms with E-state index in [0.29, 0.717) is 0 Å². The van der Waals surface area contributed by atoms with Gasteiger partial charge in [0, 0.05) is 6.54 Å². The van der Waals surface area contributed by atoms with Crippen molar-refractivity contribution in [2.45, 2.75) is 26.3 Å². The van der Waals surface area contributed by atoms with Gasteiger partial charge >= 0.3 is 0 Å². The van der Waals surface area contributed by atoms with E-state index in [9.17, 15) is 0 Å². The third-order valence-electron chi connectivity index (χ3n) is 2.84. The highest BCUT2D eigenvalue weighted by Crippen LogP contribution is 2.20.